The van der Waals surface area contributed by atoms with Crippen molar-refractivity contribution < 1.29 is 113 Å². The van der Waals surface area contributed by atoms with Crippen LogP contribution >= 0.6 is 7.82 Å². The summed E-state index contributed by atoms with van der Waals surface area (Å²) in [6.07, 6.45) is -2.32. The molecule has 2 saturated heterocycles. The van der Waals surface area contributed by atoms with Gasteiger partial charge in [0, 0.05) is 12.8 Å². The molecule has 2 heterocycles. The molecule has 2 aliphatic heterocycles. The lowest BCUT2D eigenvalue weighted by molar-refractivity contribution is -0.360. The van der Waals surface area contributed by atoms with E-state index in [1.165, 1.54) is 83.5 Å². The summed E-state index contributed by atoms with van der Waals surface area (Å²) >= 11 is 0. The molecule has 0 radical (unpaired) electrons. The number of phosphoric ester groups is 1. The zero-order chi connectivity index (χ0) is 58.2. The minimum Gasteiger partial charge on any atom is -0.462 e. The zero-order valence-electron chi connectivity index (χ0n) is 46.9. The van der Waals surface area contributed by atoms with Gasteiger partial charge in [-0.15, -0.1) is 0 Å². The van der Waals surface area contributed by atoms with Crippen LogP contribution in [0.3, 0.4) is 0 Å². The molecule has 1 saturated carbocycles. The Kier molecular flexibility index (Phi) is 36.6. The molecule has 12 N–H and O–H groups in total. The molecule has 18 atom stereocenters. The Labute approximate surface area is 467 Å². The summed E-state index contributed by atoms with van der Waals surface area (Å²) in [6, 6.07) is 0. The topological polar surface area (TPSA) is 368 Å². The summed E-state index contributed by atoms with van der Waals surface area (Å²) in [6.45, 7) is 0.996. The number of unbranched alkanes of at least 4 members (excludes halogenated alkanes) is 23. The molecule has 1 aliphatic carbocycles. The van der Waals surface area contributed by atoms with Crippen molar-refractivity contribution in [2.75, 3.05) is 26.4 Å². The molecule has 3 aliphatic rings. The summed E-state index contributed by atoms with van der Waals surface area (Å²) < 4.78 is 58.1. The Hall–Kier alpha value is -1.81. The van der Waals surface area contributed by atoms with Crippen LogP contribution in [0.1, 0.15) is 194 Å². The van der Waals surface area contributed by atoms with Crippen LogP contribution in [0.5, 0.6) is 0 Å². The van der Waals surface area contributed by atoms with Gasteiger partial charge in [0.15, 0.2) is 18.7 Å². The van der Waals surface area contributed by atoms with Crippen LogP contribution in [0.2, 0.25) is 0 Å². The Bertz CT molecular complexity index is 1630. The third-order valence-electron chi connectivity index (χ3n) is 14.8. The van der Waals surface area contributed by atoms with E-state index >= 15 is 0 Å². The van der Waals surface area contributed by atoms with Gasteiger partial charge in [0.25, 0.3) is 0 Å². The van der Waals surface area contributed by atoms with Crippen LogP contribution in [0.4, 0.5) is 0 Å². The highest BCUT2D eigenvalue weighted by Gasteiger charge is 2.58. The van der Waals surface area contributed by atoms with Gasteiger partial charge in [-0.25, -0.2) is 4.57 Å². The number of rotatable bonds is 43. The maximum atomic E-state index is 14.0. The van der Waals surface area contributed by atoms with Crippen molar-refractivity contribution in [3.05, 3.63) is 12.2 Å². The van der Waals surface area contributed by atoms with E-state index < -0.39 is 150 Å². The maximum absolute atomic E-state index is 14.0. The lowest BCUT2D eigenvalue weighted by atomic mass is 9.84. The lowest BCUT2D eigenvalue weighted by Crippen LogP contribution is -2.69. The Morgan fingerprint density at radius 2 is 0.835 bits per heavy atom. The number of esters is 2. The molecule has 3 rings (SSSR count). The highest BCUT2D eigenvalue weighted by molar-refractivity contribution is 7.47. The maximum Gasteiger partial charge on any atom is 0.472 e. The Morgan fingerprint density at radius 1 is 0.468 bits per heavy atom. The summed E-state index contributed by atoms with van der Waals surface area (Å²) in [5.41, 5.74) is 0. The van der Waals surface area contributed by atoms with Crippen molar-refractivity contribution in [2.24, 2.45) is 0 Å². The molecule has 464 valence electrons. The van der Waals surface area contributed by atoms with Crippen LogP contribution in [-0.2, 0) is 51.6 Å². The number of ether oxygens (including phenoxy) is 6. The molecule has 79 heavy (non-hydrogen) atoms. The van der Waals surface area contributed by atoms with Crippen LogP contribution in [0, 0.1) is 0 Å². The SMILES string of the molecule is CCCCCCCC/C=C\CCCCCCCC(=O)OC[C@H](COP(=O)(O)OC1C(O[C@@H]2OC(CO)[C@H](O)C(O)[C@@H]2O)C(O)C(O)C(O)[C@H]1O[C@H]1OC(CO)[C@@H](O)C(O)[C@H]1O)OC(=O)CCCCCCCCCCCCCCC. The number of allylic oxidation sites excluding steroid dienone is 2. The number of aliphatic hydroxyl groups is 11. The van der Waals surface area contributed by atoms with Gasteiger partial charge in [0.1, 0.15) is 92.1 Å². The average Bonchev–Trinajstić information content (AvgIpc) is 3.57. The quantitative estimate of drug-likeness (QED) is 0.0178. The van der Waals surface area contributed by atoms with E-state index in [0.717, 1.165) is 70.6 Å². The van der Waals surface area contributed by atoms with Gasteiger partial charge in [0.05, 0.1) is 19.8 Å². The van der Waals surface area contributed by atoms with Crippen molar-refractivity contribution in [3.63, 3.8) is 0 Å². The second-order valence-corrected chi connectivity index (χ2v) is 22.9. The minimum absolute atomic E-state index is 0.0292. The number of hydrogen-bond donors (Lipinski definition) is 12. The van der Waals surface area contributed by atoms with Crippen molar-refractivity contribution in [1.29, 1.82) is 0 Å². The van der Waals surface area contributed by atoms with Gasteiger partial charge in [-0.2, -0.15) is 0 Å². The average molecular weight is 1160 g/mol. The van der Waals surface area contributed by atoms with Crippen molar-refractivity contribution in [2.45, 2.75) is 298 Å². The van der Waals surface area contributed by atoms with Crippen molar-refractivity contribution in [3.8, 4) is 0 Å². The van der Waals surface area contributed by atoms with Gasteiger partial charge >= 0.3 is 19.8 Å². The molecule has 0 aromatic heterocycles. The van der Waals surface area contributed by atoms with E-state index in [1.807, 2.05) is 0 Å². The third kappa shape index (κ3) is 26.3. The molecular formula is C55H101O23P. The molecule has 24 heteroatoms. The first-order valence-corrected chi connectivity index (χ1v) is 31.0. The Balaban J connectivity index is 1.70. The second-order valence-electron chi connectivity index (χ2n) is 21.5. The first-order chi connectivity index (χ1) is 37.9. The van der Waals surface area contributed by atoms with Crippen LogP contribution in [-0.4, -0.2) is 204 Å². The fraction of sp³-hybridized carbons (Fsp3) is 0.927. The number of carbonyl (C=O) groups is 2. The van der Waals surface area contributed by atoms with E-state index in [-0.39, 0.29) is 12.8 Å². The van der Waals surface area contributed by atoms with E-state index in [0.29, 0.717) is 12.8 Å². The van der Waals surface area contributed by atoms with Gasteiger partial charge in [-0.05, 0) is 38.5 Å². The molecule has 0 aromatic rings. The number of aliphatic hydroxyl groups excluding tert-OH is 11. The van der Waals surface area contributed by atoms with E-state index in [4.69, 9.17) is 37.5 Å². The van der Waals surface area contributed by atoms with Gasteiger partial charge in [0.2, 0.25) is 0 Å². The summed E-state index contributed by atoms with van der Waals surface area (Å²) in [7, 11) is -5.63. The second kappa shape index (κ2) is 40.5. The van der Waals surface area contributed by atoms with Gasteiger partial charge in [-0.3, -0.25) is 18.6 Å². The molecule has 0 bridgehead atoms. The zero-order valence-corrected chi connectivity index (χ0v) is 47.8. The van der Waals surface area contributed by atoms with Crippen LogP contribution in [0.25, 0.3) is 0 Å². The van der Waals surface area contributed by atoms with Crippen molar-refractivity contribution >= 4 is 19.8 Å². The smallest absolute Gasteiger partial charge is 0.462 e. The molecular weight excluding hydrogens is 1060 g/mol. The number of phosphoric acid groups is 1. The predicted octanol–water partition coefficient (Wildman–Crippen LogP) is 3.93. The monoisotopic (exact) mass is 1160 g/mol. The largest absolute Gasteiger partial charge is 0.472 e. The molecule has 0 spiro atoms. The summed E-state index contributed by atoms with van der Waals surface area (Å²) in [5, 5.41) is 117. The number of carbonyl (C=O) groups excluding carboxylic acids is 2. The van der Waals surface area contributed by atoms with Gasteiger partial charge in [-0.1, -0.05) is 154 Å². The lowest BCUT2D eigenvalue weighted by Gasteiger charge is -2.49. The molecule has 0 amide bonds. The Morgan fingerprint density at radius 3 is 1.24 bits per heavy atom. The molecule has 10 unspecified atom stereocenters. The van der Waals surface area contributed by atoms with Gasteiger partial charge < -0.3 is 89.5 Å². The highest BCUT2D eigenvalue weighted by Crippen LogP contribution is 2.49. The fourth-order valence-corrected chi connectivity index (χ4v) is 10.8. The van der Waals surface area contributed by atoms with Crippen molar-refractivity contribution in [1.82, 2.24) is 0 Å². The number of hydrogen-bond acceptors (Lipinski definition) is 22. The fourth-order valence-electron chi connectivity index (χ4n) is 9.88. The molecule has 3 fully saturated rings. The van der Waals surface area contributed by atoms with E-state index in [1.54, 1.807) is 0 Å². The minimum atomic E-state index is -5.63. The standard InChI is InChI=1S/C55H101O23P/c1-3-5-7-9-11-13-15-17-18-20-21-23-25-27-29-31-40(58)71-35-37(73-41(59)32-30-28-26-24-22-19-16-14-12-10-8-6-4-2)36-72-79(69,70)78-53-51(76-54-49(67)44(62)42(60)38(33-56)74-54)47(65)46(64)48(66)52(53)77-55-50(68)45(63)43(61)39(34-57)75-55/h17-18,37-39,42-57,60-68H,3-16,19-36H2,1-2H3,(H,69,70)/b18-17-/t37-,38?,39?,42-,43+,44?,45?,46?,47?,48?,49-,50+,51-,52?,53?,54-,55+/m1/s1. The highest BCUT2D eigenvalue weighted by atomic mass is 31.2. The third-order valence-corrected chi connectivity index (χ3v) is 15.8. The van der Waals surface area contributed by atoms with E-state index in [9.17, 15) is 75.2 Å². The molecule has 0 aromatic carbocycles. The summed E-state index contributed by atoms with van der Waals surface area (Å²) in [4.78, 5) is 37.5. The van der Waals surface area contributed by atoms with Crippen LogP contribution in [0.15, 0.2) is 12.2 Å². The first kappa shape index (κ1) is 71.5. The molecule has 23 nitrogen and oxygen atoms in total. The van der Waals surface area contributed by atoms with Crippen LogP contribution < -0.4 is 0 Å². The summed E-state index contributed by atoms with van der Waals surface area (Å²) in [5.74, 6) is -1.34. The predicted molar refractivity (Wildman–Crippen MR) is 287 cm³/mol. The normalized spacial score (nSPS) is 31.5. The first-order valence-electron chi connectivity index (χ1n) is 29.5. The van der Waals surface area contributed by atoms with E-state index in [2.05, 4.69) is 26.0 Å².